The van der Waals surface area contributed by atoms with Gasteiger partial charge in [-0.25, -0.2) is 0 Å². The fourth-order valence-corrected chi connectivity index (χ4v) is 2.68. The third kappa shape index (κ3) is 3.67. The summed E-state index contributed by atoms with van der Waals surface area (Å²) in [6.45, 7) is 6.50. The number of carbonyl (C=O) groups excluding carboxylic acids is 1. The first-order chi connectivity index (χ1) is 8.38. The van der Waals surface area contributed by atoms with Gasteiger partial charge < -0.3 is 11.1 Å². The molecule has 1 unspecified atom stereocenters. The molecule has 3 nitrogen and oxygen atoms in total. The molecule has 0 heterocycles. The summed E-state index contributed by atoms with van der Waals surface area (Å²) < 4.78 is 0. The Balaban J connectivity index is 2.37. The molecular weight excluding hydrogens is 244 g/mol. The van der Waals surface area contributed by atoms with Crippen LogP contribution in [0.1, 0.15) is 59.3 Å². The number of hydrogen-bond acceptors (Lipinski definition) is 2. The molecule has 1 aliphatic rings. The molecule has 0 aliphatic heterocycles. The molecule has 0 aromatic heterocycles. The van der Waals surface area contributed by atoms with Crippen molar-refractivity contribution in [2.75, 3.05) is 0 Å². The Kier molecular flexibility index (Phi) is 5.57. The summed E-state index contributed by atoms with van der Waals surface area (Å²) in [5, 5.41) is 3.07. The molecule has 1 saturated carbocycles. The number of carbonyl (C=O) groups is 1. The van der Waals surface area contributed by atoms with Crippen LogP contribution in [0.2, 0.25) is 0 Å². The molecule has 18 heavy (non-hydrogen) atoms. The lowest BCUT2D eigenvalue weighted by molar-refractivity contribution is -0.131. The highest BCUT2D eigenvalue weighted by molar-refractivity contribution is 7.80. The second-order valence-electron chi connectivity index (χ2n) is 6.00. The zero-order chi connectivity index (χ0) is 13.8. The first-order valence-corrected chi connectivity index (χ1v) is 7.40. The van der Waals surface area contributed by atoms with E-state index in [2.05, 4.69) is 26.1 Å². The van der Waals surface area contributed by atoms with Gasteiger partial charge in [0.1, 0.15) is 0 Å². The van der Waals surface area contributed by atoms with Gasteiger partial charge in [-0.15, -0.1) is 0 Å². The molecule has 1 amide bonds. The van der Waals surface area contributed by atoms with Crippen molar-refractivity contribution in [3.8, 4) is 0 Å². The van der Waals surface area contributed by atoms with E-state index in [9.17, 15) is 4.79 Å². The molecule has 3 N–H and O–H groups in total. The van der Waals surface area contributed by atoms with Crippen molar-refractivity contribution >= 4 is 23.1 Å². The van der Waals surface area contributed by atoms with E-state index in [0.29, 0.717) is 4.99 Å². The van der Waals surface area contributed by atoms with Crippen LogP contribution in [0.4, 0.5) is 0 Å². The quantitative estimate of drug-likeness (QED) is 0.699. The van der Waals surface area contributed by atoms with E-state index in [4.69, 9.17) is 18.0 Å². The smallest absolute Gasteiger partial charge is 0.233 e. The van der Waals surface area contributed by atoms with Crippen molar-refractivity contribution in [3.05, 3.63) is 0 Å². The van der Waals surface area contributed by atoms with Crippen LogP contribution in [-0.4, -0.2) is 16.9 Å². The Morgan fingerprint density at radius 1 is 1.33 bits per heavy atom. The Hall–Kier alpha value is -0.640. The first kappa shape index (κ1) is 15.4. The van der Waals surface area contributed by atoms with Crippen molar-refractivity contribution < 1.29 is 4.79 Å². The molecular formula is C14H26N2OS. The SMILES string of the molecule is CC(C)CCCC(C)NC(=O)C1(C(N)=S)CCC1. The molecule has 4 heteroatoms. The lowest BCUT2D eigenvalue weighted by Gasteiger charge is -2.39. The Morgan fingerprint density at radius 2 is 1.94 bits per heavy atom. The highest BCUT2D eigenvalue weighted by Gasteiger charge is 2.47. The summed E-state index contributed by atoms with van der Waals surface area (Å²) in [5.41, 5.74) is 5.18. The number of rotatable bonds is 7. The average molecular weight is 270 g/mol. The van der Waals surface area contributed by atoms with Crippen LogP contribution >= 0.6 is 12.2 Å². The Bertz CT molecular complexity index is 311. The standard InChI is InChI=1S/C14H26N2OS/c1-10(2)6-4-7-11(3)16-13(17)14(12(15)18)8-5-9-14/h10-11H,4-9H2,1-3H3,(H2,15,18)(H,16,17). The van der Waals surface area contributed by atoms with Gasteiger partial charge in [-0.1, -0.05) is 45.3 Å². The minimum Gasteiger partial charge on any atom is -0.392 e. The van der Waals surface area contributed by atoms with Gasteiger partial charge in [0, 0.05) is 6.04 Å². The van der Waals surface area contributed by atoms with Crippen molar-refractivity contribution in [2.24, 2.45) is 17.1 Å². The lowest BCUT2D eigenvalue weighted by Crippen LogP contribution is -2.54. The van der Waals surface area contributed by atoms with Crippen LogP contribution in [0, 0.1) is 11.3 Å². The van der Waals surface area contributed by atoms with E-state index in [1.54, 1.807) is 0 Å². The summed E-state index contributed by atoms with van der Waals surface area (Å²) in [7, 11) is 0. The Morgan fingerprint density at radius 3 is 2.33 bits per heavy atom. The monoisotopic (exact) mass is 270 g/mol. The third-order valence-electron chi connectivity index (χ3n) is 3.91. The molecule has 0 aromatic rings. The van der Waals surface area contributed by atoms with Gasteiger partial charge in [-0.2, -0.15) is 0 Å². The highest BCUT2D eigenvalue weighted by Crippen LogP contribution is 2.41. The van der Waals surface area contributed by atoms with Crippen LogP contribution in [0.3, 0.4) is 0 Å². The van der Waals surface area contributed by atoms with E-state index < -0.39 is 5.41 Å². The molecule has 0 radical (unpaired) electrons. The number of nitrogens with one attached hydrogen (secondary N) is 1. The summed E-state index contributed by atoms with van der Waals surface area (Å²) >= 11 is 5.05. The maximum Gasteiger partial charge on any atom is 0.233 e. The summed E-state index contributed by atoms with van der Waals surface area (Å²) in [6, 6.07) is 0.211. The normalized spacial score (nSPS) is 19.1. The van der Waals surface area contributed by atoms with Gasteiger partial charge in [0.15, 0.2) is 0 Å². The zero-order valence-electron chi connectivity index (χ0n) is 11.8. The first-order valence-electron chi connectivity index (χ1n) is 6.99. The van der Waals surface area contributed by atoms with Crippen LogP contribution in [-0.2, 0) is 4.79 Å². The molecule has 0 saturated heterocycles. The van der Waals surface area contributed by atoms with Gasteiger partial charge in [0.2, 0.25) is 5.91 Å². The number of hydrogen-bond donors (Lipinski definition) is 2. The van der Waals surface area contributed by atoms with Gasteiger partial charge in [-0.3, -0.25) is 4.79 Å². The average Bonchev–Trinajstić information content (AvgIpc) is 2.13. The molecule has 1 rings (SSSR count). The zero-order valence-corrected chi connectivity index (χ0v) is 12.6. The number of thiocarbonyl (C=S) groups is 1. The van der Waals surface area contributed by atoms with E-state index in [1.807, 2.05) is 0 Å². The van der Waals surface area contributed by atoms with Crippen LogP contribution in [0.25, 0.3) is 0 Å². The van der Waals surface area contributed by atoms with Gasteiger partial charge >= 0.3 is 0 Å². The predicted octanol–water partition coefficient (Wildman–Crippen LogP) is 2.77. The van der Waals surface area contributed by atoms with E-state index in [0.717, 1.165) is 38.0 Å². The van der Waals surface area contributed by atoms with Crippen LogP contribution < -0.4 is 11.1 Å². The van der Waals surface area contributed by atoms with E-state index in [-0.39, 0.29) is 11.9 Å². The van der Waals surface area contributed by atoms with Crippen molar-refractivity contribution in [1.29, 1.82) is 0 Å². The predicted molar refractivity (Wildman–Crippen MR) is 79.4 cm³/mol. The summed E-state index contributed by atoms with van der Waals surface area (Å²) in [4.78, 5) is 12.6. The molecule has 104 valence electrons. The van der Waals surface area contributed by atoms with Gasteiger partial charge in [0.25, 0.3) is 0 Å². The molecule has 0 bridgehead atoms. The highest BCUT2D eigenvalue weighted by atomic mass is 32.1. The molecule has 1 aliphatic carbocycles. The largest absolute Gasteiger partial charge is 0.392 e. The minimum absolute atomic E-state index is 0.0401. The second kappa shape index (κ2) is 6.50. The Labute approximate surface area is 116 Å². The molecule has 0 aromatic carbocycles. The summed E-state index contributed by atoms with van der Waals surface area (Å²) in [5.74, 6) is 0.765. The molecule has 0 spiro atoms. The third-order valence-corrected chi connectivity index (χ3v) is 4.30. The van der Waals surface area contributed by atoms with Crippen molar-refractivity contribution in [2.45, 2.75) is 65.3 Å². The van der Waals surface area contributed by atoms with Crippen LogP contribution in [0.15, 0.2) is 0 Å². The fourth-order valence-electron chi connectivity index (χ4n) is 2.38. The second-order valence-corrected chi connectivity index (χ2v) is 6.44. The summed E-state index contributed by atoms with van der Waals surface area (Å²) in [6.07, 6.45) is 6.06. The molecule has 1 fully saturated rings. The number of amides is 1. The lowest BCUT2D eigenvalue weighted by atomic mass is 9.68. The minimum atomic E-state index is -0.540. The maximum absolute atomic E-state index is 12.2. The van der Waals surface area contributed by atoms with E-state index in [1.165, 1.54) is 6.42 Å². The van der Waals surface area contributed by atoms with E-state index >= 15 is 0 Å². The topological polar surface area (TPSA) is 55.1 Å². The number of nitrogens with two attached hydrogens (primary N) is 1. The van der Waals surface area contributed by atoms with Crippen LogP contribution in [0.5, 0.6) is 0 Å². The maximum atomic E-state index is 12.2. The van der Waals surface area contributed by atoms with Gasteiger partial charge in [-0.05, 0) is 32.1 Å². The molecule has 1 atom stereocenters. The van der Waals surface area contributed by atoms with Gasteiger partial charge in [0.05, 0.1) is 10.4 Å². The van der Waals surface area contributed by atoms with Crippen molar-refractivity contribution in [3.63, 3.8) is 0 Å². The fraction of sp³-hybridized carbons (Fsp3) is 0.857. The van der Waals surface area contributed by atoms with Crippen molar-refractivity contribution in [1.82, 2.24) is 5.32 Å².